The summed E-state index contributed by atoms with van der Waals surface area (Å²) in [6.07, 6.45) is -2.60. The SMILES string of the molecule is Cc1ccc(S(=O)CCC(F)(F)F)cc1-c1cnc2c(N)ncnn12. The molecule has 2 N–H and O–H groups in total. The molecular weight excluding hydrogens is 355 g/mol. The van der Waals surface area contributed by atoms with Gasteiger partial charge in [-0.05, 0) is 24.6 Å². The Balaban J connectivity index is 1.99. The van der Waals surface area contributed by atoms with Gasteiger partial charge in [0.05, 0.1) is 29.1 Å². The summed E-state index contributed by atoms with van der Waals surface area (Å²) in [6.45, 7) is 1.84. The average Bonchev–Trinajstić information content (AvgIpc) is 2.98. The number of rotatable bonds is 4. The average molecular weight is 369 g/mol. The van der Waals surface area contributed by atoms with Crippen LogP contribution < -0.4 is 5.73 Å². The zero-order chi connectivity index (χ0) is 18.2. The highest BCUT2D eigenvalue weighted by molar-refractivity contribution is 7.85. The number of nitrogen functional groups attached to an aromatic ring is 1. The largest absolute Gasteiger partial charge is 0.390 e. The summed E-state index contributed by atoms with van der Waals surface area (Å²) in [7, 11) is -1.76. The molecule has 3 aromatic rings. The molecule has 1 atom stereocenters. The van der Waals surface area contributed by atoms with Gasteiger partial charge < -0.3 is 5.73 Å². The van der Waals surface area contributed by atoms with Crippen molar-refractivity contribution in [2.24, 2.45) is 0 Å². The molecule has 2 aromatic heterocycles. The fourth-order valence-electron chi connectivity index (χ4n) is 2.36. The normalized spacial score (nSPS) is 13.3. The van der Waals surface area contributed by atoms with Crippen molar-refractivity contribution in [2.75, 3.05) is 11.5 Å². The molecule has 0 aliphatic heterocycles. The molecule has 132 valence electrons. The molecule has 0 aliphatic rings. The van der Waals surface area contributed by atoms with Gasteiger partial charge in [-0.3, -0.25) is 4.21 Å². The molecule has 6 nitrogen and oxygen atoms in total. The van der Waals surface area contributed by atoms with Crippen LogP contribution in [0.3, 0.4) is 0 Å². The lowest BCUT2D eigenvalue weighted by atomic mass is 10.1. The Morgan fingerprint density at radius 1 is 1.28 bits per heavy atom. The van der Waals surface area contributed by atoms with Crippen LogP contribution in [0.15, 0.2) is 35.6 Å². The molecule has 10 heteroatoms. The lowest BCUT2D eigenvalue weighted by molar-refractivity contribution is -0.129. The van der Waals surface area contributed by atoms with Crippen molar-refractivity contribution < 1.29 is 17.4 Å². The Hall–Kier alpha value is -2.49. The van der Waals surface area contributed by atoms with Crippen molar-refractivity contribution in [3.63, 3.8) is 0 Å². The number of aromatic nitrogens is 4. The molecule has 0 saturated heterocycles. The van der Waals surface area contributed by atoms with Crippen LogP contribution in [0.25, 0.3) is 16.9 Å². The van der Waals surface area contributed by atoms with Crippen LogP contribution in [-0.2, 0) is 10.8 Å². The Kier molecular flexibility index (Phi) is 4.46. The number of fused-ring (bicyclic) bond motifs is 1. The molecule has 1 aromatic carbocycles. The first-order valence-electron chi connectivity index (χ1n) is 7.26. The van der Waals surface area contributed by atoms with Crippen LogP contribution in [0, 0.1) is 6.92 Å². The van der Waals surface area contributed by atoms with Crippen LogP contribution in [0.1, 0.15) is 12.0 Å². The zero-order valence-electron chi connectivity index (χ0n) is 13.1. The second kappa shape index (κ2) is 6.43. The third-order valence-electron chi connectivity index (χ3n) is 3.65. The van der Waals surface area contributed by atoms with Gasteiger partial charge in [-0.2, -0.15) is 18.3 Å². The maximum absolute atomic E-state index is 12.3. The summed E-state index contributed by atoms with van der Waals surface area (Å²) in [5.41, 5.74) is 8.24. The quantitative estimate of drug-likeness (QED) is 0.764. The number of benzene rings is 1. The van der Waals surface area contributed by atoms with Crippen molar-refractivity contribution in [1.82, 2.24) is 19.6 Å². The second-order valence-electron chi connectivity index (χ2n) is 5.42. The van der Waals surface area contributed by atoms with Crippen molar-refractivity contribution in [1.29, 1.82) is 0 Å². The lowest BCUT2D eigenvalue weighted by Crippen LogP contribution is -2.12. The van der Waals surface area contributed by atoms with Crippen LogP contribution in [0.2, 0.25) is 0 Å². The summed E-state index contributed by atoms with van der Waals surface area (Å²) in [5.74, 6) is -0.266. The van der Waals surface area contributed by atoms with Crippen molar-refractivity contribution in [3.8, 4) is 11.3 Å². The Morgan fingerprint density at radius 2 is 2.04 bits per heavy atom. The molecule has 0 bridgehead atoms. The topological polar surface area (TPSA) is 86.2 Å². The predicted molar refractivity (Wildman–Crippen MR) is 87.3 cm³/mol. The first-order chi connectivity index (χ1) is 11.8. The van der Waals surface area contributed by atoms with E-state index in [4.69, 9.17) is 5.73 Å². The number of imidazole rings is 1. The number of anilines is 1. The van der Waals surface area contributed by atoms with E-state index in [1.807, 2.05) is 6.92 Å². The predicted octanol–water partition coefficient (Wildman–Crippen LogP) is 2.74. The molecule has 2 heterocycles. The van der Waals surface area contributed by atoms with Gasteiger partial charge in [-0.1, -0.05) is 6.07 Å². The van der Waals surface area contributed by atoms with E-state index in [0.29, 0.717) is 21.8 Å². The smallest absolute Gasteiger partial charge is 0.381 e. The highest BCUT2D eigenvalue weighted by Crippen LogP contribution is 2.28. The van der Waals surface area contributed by atoms with Gasteiger partial charge in [-0.15, -0.1) is 0 Å². The minimum Gasteiger partial charge on any atom is -0.381 e. The van der Waals surface area contributed by atoms with Crippen LogP contribution >= 0.6 is 0 Å². The monoisotopic (exact) mass is 369 g/mol. The lowest BCUT2D eigenvalue weighted by Gasteiger charge is -2.10. The van der Waals surface area contributed by atoms with Crippen molar-refractivity contribution in [3.05, 3.63) is 36.3 Å². The van der Waals surface area contributed by atoms with Crippen LogP contribution in [0.5, 0.6) is 0 Å². The standard InChI is InChI=1S/C15H14F3N5OS/c1-9-2-3-10(25(24)5-4-15(16,17)18)6-11(9)12-7-20-14-13(19)21-8-22-23(12)14/h2-3,6-8H,4-5H2,1H3,(H2,19,21,22). The number of hydrogen-bond donors (Lipinski definition) is 1. The van der Waals surface area contributed by atoms with E-state index in [-0.39, 0.29) is 5.82 Å². The van der Waals surface area contributed by atoms with E-state index in [9.17, 15) is 17.4 Å². The molecule has 0 radical (unpaired) electrons. The molecule has 3 rings (SSSR count). The van der Waals surface area contributed by atoms with E-state index in [0.717, 1.165) is 5.56 Å². The number of halogens is 3. The highest BCUT2D eigenvalue weighted by atomic mass is 32.2. The van der Waals surface area contributed by atoms with E-state index in [1.165, 1.54) is 10.8 Å². The molecule has 0 fully saturated rings. The summed E-state index contributed by atoms with van der Waals surface area (Å²) < 4.78 is 50.7. The second-order valence-corrected chi connectivity index (χ2v) is 6.99. The van der Waals surface area contributed by atoms with Gasteiger partial charge in [0.2, 0.25) is 0 Å². The third kappa shape index (κ3) is 3.63. The first-order valence-corrected chi connectivity index (χ1v) is 8.58. The molecule has 0 aliphatic carbocycles. The molecule has 0 amide bonds. The minimum absolute atomic E-state index is 0.212. The Morgan fingerprint density at radius 3 is 2.76 bits per heavy atom. The summed E-state index contributed by atoms with van der Waals surface area (Å²) in [4.78, 5) is 8.35. The maximum Gasteiger partial charge on any atom is 0.390 e. The van der Waals surface area contributed by atoms with Gasteiger partial charge in [0.15, 0.2) is 11.5 Å². The number of aryl methyl sites for hydroxylation is 1. The molecule has 1 unspecified atom stereocenters. The fourth-order valence-corrected chi connectivity index (χ4v) is 3.48. The van der Waals surface area contributed by atoms with E-state index in [2.05, 4.69) is 15.1 Å². The zero-order valence-corrected chi connectivity index (χ0v) is 13.9. The van der Waals surface area contributed by atoms with E-state index >= 15 is 0 Å². The Labute approximate surface area is 143 Å². The van der Waals surface area contributed by atoms with Gasteiger partial charge >= 0.3 is 6.18 Å². The van der Waals surface area contributed by atoms with Crippen LogP contribution in [-0.4, -0.2) is 35.7 Å². The maximum atomic E-state index is 12.3. The summed E-state index contributed by atoms with van der Waals surface area (Å²) >= 11 is 0. The number of nitrogens with zero attached hydrogens (tertiary/aromatic N) is 4. The first kappa shape index (κ1) is 17.3. The molecule has 0 spiro atoms. The molecule has 0 saturated carbocycles. The van der Waals surface area contributed by atoms with Crippen molar-refractivity contribution in [2.45, 2.75) is 24.4 Å². The number of hydrogen-bond acceptors (Lipinski definition) is 5. The third-order valence-corrected chi connectivity index (χ3v) is 5.00. The minimum atomic E-state index is -4.33. The van der Waals surface area contributed by atoms with Gasteiger partial charge in [-0.25, -0.2) is 14.5 Å². The van der Waals surface area contributed by atoms with E-state index in [1.54, 1.807) is 24.4 Å². The summed E-state index contributed by atoms with van der Waals surface area (Å²) in [6, 6.07) is 4.88. The Bertz CT molecular complexity index is 954. The van der Waals surface area contributed by atoms with Gasteiger partial charge in [0.25, 0.3) is 0 Å². The highest BCUT2D eigenvalue weighted by Gasteiger charge is 2.28. The summed E-state index contributed by atoms with van der Waals surface area (Å²) in [5, 5.41) is 4.10. The van der Waals surface area contributed by atoms with Gasteiger partial charge in [0, 0.05) is 16.2 Å². The number of nitrogens with two attached hydrogens (primary N) is 1. The van der Waals surface area contributed by atoms with E-state index < -0.39 is 29.1 Å². The van der Waals surface area contributed by atoms with Crippen LogP contribution in [0.4, 0.5) is 19.0 Å². The molecular formula is C15H14F3N5OS. The fraction of sp³-hybridized carbons (Fsp3) is 0.267. The molecule has 25 heavy (non-hydrogen) atoms. The van der Waals surface area contributed by atoms with Gasteiger partial charge in [0.1, 0.15) is 6.33 Å². The number of alkyl halides is 3. The van der Waals surface area contributed by atoms with Crippen molar-refractivity contribution >= 4 is 22.3 Å².